The second-order valence-corrected chi connectivity index (χ2v) is 7.37. The molecule has 3 N–H and O–H groups in total. The molecule has 1 aliphatic heterocycles. The molecule has 0 saturated heterocycles. The molecule has 0 unspecified atom stereocenters. The molecule has 134 valence electrons. The smallest absolute Gasteiger partial charge is 0.257 e. The van der Waals surface area contributed by atoms with Gasteiger partial charge in [0.1, 0.15) is 5.82 Å². The van der Waals surface area contributed by atoms with Crippen LogP contribution in [-0.4, -0.2) is 27.5 Å². The molecular formula is C17H15BrN4O3S. The van der Waals surface area contributed by atoms with Gasteiger partial charge in [-0.2, -0.15) is 0 Å². The molecule has 2 heterocycles. The predicted octanol–water partition coefficient (Wildman–Crippen LogP) is 2.88. The number of hydrogen-bond donors (Lipinski definition) is 3. The van der Waals surface area contributed by atoms with Crippen LogP contribution in [0.1, 0.15) is 17.9 Å². The van der Waals surface area contributed by atoms with Crippen molar-refractivity contribution in [2.24, 2.45) is 0 Å². The number of carbonyl (C=O) groups is 2. The van der Waals surface area contributed by atoms with Gasteiger partial charge < -0.3 is 15.6 Å². The number of nitrogens with one attached hydrogen (secondary N) is 3. The van der Waals surface area contributed by atoms with Crippen LogP contribution in [-0.2, 0) is 9.59 Å². The molecule has 3 rings (SSSR count). The third kappa shape index (κ3) is 3.88. The van der Waals surface area contributed by atoms with E-state index in [4.69, 9.17) is 0 Å². The van der Waals surface area contributed by atoms with Crippen LogP contribution in [0.4, 0.5) is 11.5 Å². The highest BCUT2D eigenvalue weighted by molar-refractivity contribution is 9.10. The summed E-state index contributed by atoms with van der Waals surface area (Å²) >= 11 is 4.64. The molecular weight excluding hydrogens is 420 g/mol. The molecule has 1 atom stereocenters. The highest BCUT2D eigenvalue weighted by Gasteiger charge is 2.34. The van der Waals surface area contributed by atoms with Crippen molar-refractivity contribution in [2.75, 3.05) is 16.4 Å². The fourth-order valence-electron chi connectivity index (χ4n) is 2.56. The third-order valence-corrected chi connectivity index (χ3v) is 5.28. The van der Waals surface area contributed by atoms with E-state index in [-0.39, 0.29) is 23.7 Å². The Morgan fingerprint density at radius 1 is 1.42 bits per heavy atom. The molecule has 2 aromatic rings. The number of amides is 2. The van der Waals surface area contributed by atoms with E-state index in [0.29, 0.717) is 21.1 Å². The van der Waals surface area contributed by atoms with Crippen LogP contribution >= 0.6 is 27.7 Å². The van der Waals surface area contributed by atoms with Gasteiger partial charge in [0.05, 0.1) is 17.2 Å². The van der Waals surface area contributed by atoms with Gasteiger partial charge >= 0.3 is 0 Å². The van der Waals surface area contributed by atoms with Gasteiger partial charge in [-0.3, -0.25) is 14.4 Å². The van der Waals surface area contributed by atoms with Gasteiger partial charge in [0.25, 0.3) is 5.56 Å². The first kappa shape index (κ1) is 18.4. The Morgan fingerprint density at radius 2 is 2.19 bits per heavy atom. The van der Waals surface area contributed by atoms with Crippen LogP contribution < -0.4 is 16.2 Å². The van der Waals surface area contributed by atoms with E-state index in [1.54, 1.807) is 24.3 Å². The van der Waals surface area contributed by atoms with Crippen molar-refractivity contribution in [2.45, 2.75) is 17.5 Å². The molecule has 1 aliphatic rings. The first-order valence-corrected chi connectivity index (χ1v) is 9.50. The predicted molar refractivity (Wildman–Crippen MR) is 105 cm³/mol. The number of anilines is 2. The number of nitrogens with zero attached hydrogens (tertiary/aromatic N) is 1. The SMILES string of the molecule is C=CCSc1nc2c(c(=O)[nH]1)[C@@H](C(=O)Nc1ccccc1Br)CC(=O)N2. The molecule has 0 aliphatic carbocycles. The van der Waals surface area contributed by atoms with E-state index in [0.717, 1.165) is 0 Å². The van der Waals surface area contributed by atoms with Crippen LogP contribution in [0.5, 0.6) is 0 Å². The molecule has 0 bridgehead atoms. The number of thioether (sulfide) groups is 1. The average Bonchev–Trinajstić information content (AvgIpc) is 2.60. The van der Waals surface area contributed by atoms with E-state index in [1.165, 1.54) is 11.8 Å². The maximum absolute atomic E-state index is 12.7. The largest absolute Gasteiger partial charge is 0.325 e. The Bertz CT molecular complexity index is 944. The lowest BCUT2D eigenvalue weighted by Gasteiger charge is -2.23. The zero-order valence-electron chi connectivity index (χ0n) is 13.5. The Hall–Kier alpha value is -2.39. The van der Waals surface area contributed by atoms with Crippen LogP contribution in [0.25, 0.3) is 0 Å². The van der Waals surface area contributed by atoms with Crippen molar-refractivity contribution < 1.29 is 9.59 Å². The fourth-order valence-corrected chi connectivity index (χ4v) is 3.54. The van der Waals surface area contributed by atoms with E-state index in [9.17, 15) is 14.4 Å². The lowest BCUT2D eigenvalue weighted by Crippen LogP contribution is -2.36. The third-order valence-electron chi connectivity index (χ3n) is 3.72. The molecule has 26 heavy (non-hydrogen) atoms. The topological polar surface area (TPSA) is 104 Å². The van der Waals surface area contributed by atoms with Gasteiger partial charge in [0.2, 0.25) is 11.8 Å². The summed E-state index contributed by atoms with van der Waals surface area (Å²) in [4.78, 5) is 44.2. The lowest BCUT2D eigenvalue weighted by molar-refractivity contribution is -0.123. The first-order chi connectivity index (χ1) is 12.5. The Morgan fingerprint density at radius 3 is 2.92 bits per heavy atom. The quantitative estimate of drug-likeness (QED) is 0.381. The summed E-state index contributed by atoms with van der Waals surface area (Å²) in [5.41, 5.74) is 0.290. The summed E-state index contributed by atoms with van der Waals surface area (Å²) in [6.07, 6.45) is 1.56. The molecule has 0 radical (unpaired) electrons. The normalized spacial score (nSPS) is 15.7. The van der Waals surface area contributed by atoms with Crippen LogP contribution in [0.15, 0.2) is 51.3 Å². The van der Waals surface area contributed by atoms with Crippen molar-refractivity contribution >= 4 is 51.0 Å². The lowest BCUT2D eigenvalue weighted by atomic mass is 9.92. The minimum atomic E-state index is -0.916. The number of hydrogen-bond acceptors (Lipinski definition) is 5. The average molecular weight is 435 g/mol. The number of aromatic amines is 1. The van der Waals surface area contributed by atoms with E-state index >= 15 is 0 Å². The van der Waals surface area contributed by atoms with Gasteiger partial charge in [-0.05, 0) is 28.1 Å². The van der Waals surface area contributed by atoms with Gasteiger partial charge in [-0.1, -0.05) is 30.0 Å². The number of fused-ring (bicyclic) bond motifs is 1. The highest BCUT2D eigenvalue weighted by Crippen LogP contribution is 2.31. The molecule has 0 spiro atoms. The summed E-state index contributed by atoms with van der Waals surface area (Å²) in [7, 11) is 0. The Labute approximate surface area is 161 Å². The Kier molecular flexibility index (Phi) is 5.58. The number of H-pyrrole nitrogens is 1. The summed E-state index contributed by atoms with van der Waals surface area (Å²) < 4.78 is 0.706. The van der Waals surface area contributed by atoms with Crippen molar-refractivity contribution in [1.82, 2.24) is 9.97 Å². The maximum atomic E-state index is 12.7. The van der Waals surface area contributed by atoms with Crippen molar-refractivity contribution in [3.8, 4) is 0 Å². The highest BCUT2D eigenvalue weighted by atomic mass is 79.9. The summed E-state index contributed by atoms with van der Waals surface area (Å²) in [5.74, 6) is -1.03. The van der Waals surface area contributed by atoms with Crippen molar-refractivity contribution in [3.05, 3.63) is 57.3 Å². The number of para-hydroxylation sites is 1. The molecule has 0 fully saturated rings. The standard InChI is InChI=1S/C17H15BrN4O3S/c1-2-7-26-17-21-14-13(16(25)22-17)9(8-12(23)20-14)15(24)19-11-6-4-3-5-10(11)18/h2-6,9H,1,7-8H2,(H,19,24)(H2,20,21,22,23,25)/t9-/m0/s1. The van der Waals surface area contributed by atoms with E-state index < -0.39 is 17.4 Å². The minimum absolute atomic E-state index is 0.118. The van der Waals surface area contributed by atoms with Gasteiger partial charge in [0, 0.05) is 16.6 Å². The first-order valence-electron chi connectivity index (χ1n) is 7.72. The van der Waals surface area contributed by atoms with E-state index in [2.05, 4.69) is 43.1 Å². The molecule has 1 aromatic carbocycles. The van der Waals surface area contributed by atoms with Gasteiger partial charge in [0.15, 0.2) is 5.16 Å². The van der Waals surface area contributed by atoms with Gasteiger partial charge in [-0.25, -0.2) is 4.98 Å². The van der Waals surface area contributed by atoms with Gasteiger partial charge in [-0.15, -0.1) is 6.58 Å². The van der Waals surface area contributed by atoms with Crippen molar-refractivity contribution in [1.29, 1.82) is 0 Å². The number of carbonyl (C=O) groups excluding carboxylic acids is 2. The monoisotopic (exact) mass is 434 g/mol. The summed E-state index contributed by atoms with van der Waals surface area (Å²) in [6, 6.07) is 7.11. The number of halogens is 1. The Balaban J connectivity index is 1.94. The van der Waals surface area contributed by atoms with Crippen LogP contribution in [0.3, 0.4) is 0 Å². The van der Waals surface area contributed by atoms with Crippen LogP contribution in [0, 0.1) is 0 Å². The van der Waals surface area contributed by atoms with Crippen LogP contribution in [0.2, 0.25) is 0 Å². The molecule has 1 aromatic heterocycles. The number of benzene rings is 1. The number of rotatable bonds is 5. The molecule has 2 amide bonds. The fraction of sp³-hybridized carbons (Fsp3) is 0.176. The van der Waals surface area contributed by atoms with Crippen molar-refractivity contribution in [3.63, 3.8) is 0 Å². The summed E-state index contributed by atoms with van der Waals surface area (Å²) in [5, 5.41) is 5.69. The molecule has 7 nitrogen and oxygen atoms in total. The molecule has 9 heteroatoms. The van der Waals surface area contributed by atoms with E-state index in [1.807, 2.05) is 6.07 Å². The zero-order chi connectivity index (χ0) is 18.7. The number of aromatic nitrogens is 2. The minimum Gasteiger partial charge on any atom is -0.325 e. The molecule has 0 saturated carbocycles. The summed E-state index contributed by atoms with van der Waals surface area (Å²) in [6.45, 7) is 3.61. The zero-order valence-corrected chi connectivity index (χ0v) is 15.9. The second-order valence-electron chi connectivity index (χ2n) is 5.51. The maximum Gasteiger partial charge on any atom is 0.257 e. The second kappa shape index (κ2) is 7.88.